The van der Waals surface area contributed by atoms with Crippen molar-refractivity contribution < 1.29 is 19.1 Å². The van der Waals surface area contributed by atoms with Crippen LogP contribution in [0, 0.1) is 5.92 Å². The molecule has 2 aliphatic rings. The van der Waals surface area contributed by atoms with Crippen LogP contribution in [0.25, 0.3) is 0 Å². The van der Waals surface area contributed by atoms with E-state index < -0.39 is 6.04 Å². The third-order valence-electron chi connectivity index (χ3n) is 4.38. The van der Waals surface area contributed by atoms with E-state index in [4.69, 9.17) is 9.47 Å². The molecule has 6 heteroatoms. The minimum absolute atomic E-state index is 0.00186. The molecule has 6 nitrogen and oxygen atoms in total. The molecular weight excluding hydrogens is 320 g/mol. The van der Waals surface area contributed by atoms with Gasteiger partial charge in [-0.25, -0.2) is 0 Å². The number of rotatable bonds is 4. The van der Waals surface area contributed by atoms with Crippen molar-refractivity contribution in [2.75, 3.05) is 34.0 Å². The number of ketones is 1. The van der Waals surface area contributed by atoms with Crippen molar-refractivity contribution in [1.82, 2.24) is 9.80 Å². The zero-order chi connectivity index (χ0) is 18.6. The summed E-state index contributed by atoms with van der Waals surface area (Å²) < 4.78 is 10.5. The number of carbonyl (C=O) groups excluding carboxylic acids is 2. The predicted molar refractivity (Wildman–Crippen MR) is 96.1 cm³/mol. The van der Waals surface area contributed by atoms with Gasteiger partial charge in [-0.05, 0) is 32.2 Å². The Morgan fingerprint density at radius 2 is 1.84 bits per heavy atom. The topological polar surface area (TPSA) is 59.1 Å². The molecule has 2 aliphatic heterocycles. The summed E-state index contributed by atoms with van der Waals surface area (Å²) in [7, 11) is 3.67. The summed E-state index contributed by atoms with van der Waals surface area (Å²) in [6, 6.07) is 4.61. The van der Waals surface area contributed by atoms with E-state index in [0.29, 0.717) is 17.1 Å². The van der Waals surface area contributed by atoms with E-state index in [9.17, 15) is 9.59 Å². The number of hydrogen-bond donors (Lipinski definition) is 0. The number of carbonyl (C=O) groups is 2. The SMILES string of the molecule is CC(C(=O)c1ccc2c(c1)OCO2)N(C)C(=O)C1CN(C)C1.CCC. The standard InChI is InChI=1S/C16H20N2O4.C3H8/c1-10(18(3)16(20)12-7-17(2)8-12)15(19)11-4-5-13-14(6-11)22-9-21-13;1-3-2/h4-6,10,12H,7-9H2,1-3H3;3H2,1-2H3. The summed E-state index contributed by atoms with van der Waals surface area (Å²) in [6.45, 7) is 7.70. The van der Waals surface area contributed by atoms with Gasteiger partial charge in [-0.1, -0.05) is 20.3 Å². The maximum Gasteiger partial charge on any atom is 0.231 e. The molecular formula is C19H28N2O4. The molecule has 1 saturated heterocycles. The first kappa shape index (κ1) is 19.2. The molecule has 1 aromatic rings. The van der Waals surface area contributed by atoms with Gasteiger partial charge in [-0.15, -0.1) is 0 Å². The van der Waals surface area contributed by atoms with Gasteiger partial charge in [0.25, 0.3) is 0 Å². The Morgan fingerprint density at radius 3 is 2.44 bits per heavy atom. The zero-order valence-electron chi connectivity index (χ0n) is 15.7. The number of hydrogen-bond acceptors (Lipinski definition) is 5. The van der Waals surface area contributed by atoms with Gasteiger partial charge >= 0.3 is 0 Å². The number of Topliss-reactive ketones (excluding diaryl/α,β-unsaturated/α-hetero) is 1. The number of likely N-dealkylation sites (N-methyl/N-ethyl adjacent to an activating group) is 1. The van der Waals surface area contributed by atoms with E-state index in [1.807, 2.05) is 7.05 Å². The van der Waals surface area contributed by atoms with Gasteiger partial charge in [-0.2, -0.15) is 0 Å². The van der Waals surface area contributed by atoms with Crippen molar-refractivity contribution >= 4 is 11.7 Å². The van der Waals surface area contributed by atoms with Gasteiger partial charge in [0, 0.05) is 25.7 Å². The van der Waals surface area contributed by atoms with Gasteiger partial charge in [0.2, 0.25) is 12.7 Å². The fraction of sp³-hybridized carbons (Fsp3) is 0.579. The first-order chi connectivity index (χ1) is 11.9. The monoisotopic (exact) mass is 348 g/mol. The molecule has 0 bridgehead atoms. The van der Waals surface area contributed by atoms with Crippen LogP contribution in [0.5, 0.6) is 11.5 Å². The van der Waals surface area contributed by atoms with E-state index in [1.165, 1.54) is 6.42 Å². The largest absolute Gasteiger partial charge is 0.454 e. The summed E-state index contributed by atoms with van der Waals surface area (Å²) in [6.07, 6.45) is 1.25. The number of nitrogens with zero attached hydrogens (tertiary/aromatic N) is 2. The number of amides is 1. The van der Waals surface area contributed by atoms with Crippen LogP contribution in [0.4, 0.5) is 0 Å². The molecule has 0 aliphatic carbocycles. The maximum absolute atomic E-state index is 12.6. The van der Waals surface area contributed by atoms with Crippen LogP contribution in [0.1, 0.15) is 37.6 Å². The molecule has 1 amide bonds. The quantitative estimate of drug-likeness (QED) is 0.782. The average molecular weight is 348 g/mol. The lowest BCUT2D eigenvalue weighted by Crippen LogP contribution is -2.54. The molecule has 25 heavy (non-hydrogen) atoms. The minimum atomic E-state index is -0.501. The maximum atomic E-state index is 12.6. The summed E-state index contributed by atoms with van der Waals surface area (Å²) in [5.41, 5.74) is 0.530. The van der Waals surface area contributed by atoms with Gasteiger partial charge in [0.1, 0.15) is 0 Å². The molecule has 3 rings (SSSR count). The molecule has 0 saturated carbocycles. The highest BCUT2D eigenvalue weighted by Crippen LogP contribution is 2.33. The van der Waals surface area contributed by atoms with Crippen molar-refractivity contribution in [3.8, 4) is 11.5 Å². The zero-order valence-corrected chi connectivity index (χ0v) is 15.7. The lowest BCUT2D eigenvalue weighted by atomic mass is 9.97. The van der Waals surface area contributed by atoms with E-state index >= 15 is 0 Å². The van der Waals surface area contributed by atoms with E-state index in [1.54, 1.807) is 37.1 Å². The molecule has 1 aromatic carbocycles. The van der Waals surface area contributed by atoms with Gasteiger partial charge in [0.15, 0.2) is 17.3 Å². The fourth-order valence-corrected chi connectivity index (χ4v) is 2.80. The number of likely N-dealkylation sites (tertiary alicyclic amines) is 1. The van der Waals surface area contributed by atoms with Crippen LogP contribution < -0.4 is 9.47 Å². The summed E-state index contributed by atoms with van der Waals surface area (Å²) >= 11 is 0. The molecule has 0 radical (unpaired) electrons. The Bertz CT molecular complexity index is 626. The second-order valence-electron chi connectivity index (χ2n) is 6.68. The first-order valence-corrected chi connectivity index (χ1v) is 8.78. The average Bonchev–Trinajstić information content (AvgIpc) is 3.04. The third-order valence-corrected chi connectivity index (χ3v) is 4.38. The van der Waals surface area contributed by atoms with Gasteiger partial charge < -0.3 is 19.3 Å². The van der Waals surface area contributed by atoms with Crippen LogP contribution in [0.15, 0.2) is 18.2 Å². The molecule has 1 unspecified atom stereocenters. The number of fused-ring (bicyclic) bond motifs is 1. The van der Waals surface area contributed by atoms with Crippen molar-refractivity contribution in [2.24, 2.45) is 5.92 Å². The summed E-state index contributed by atoms with van der Waals surface area (Å²) in [5, 5.41) is 0. The van der Waals surface area contributed by atoms with Crippen molar-refractivity contribution in [3.05, 3.63) is 23.8 Å². The molecule has 0 spiro atoms. The summed E-state index contributed by atoms with van der Waals surface area (Å²) in [4.78, 5) is 28.6. The first-order valence-electron chi connectivity index (χ1n) is 8.78. The molecule has 1 atom stereocenters. The molecule has 138 valence electrons. The highest BCUT2D eigenvalue weighted by molar-refractivity contribution is 6.02. The molecule has 2 heterocycles. The third kappa shape index (κ3) is 4.31. The van der Waals surface area contributed by atoms with E-state index in [0.717, 1.165) is 13.1 Å². The fourth-order valence-electron chi connectivity index (χ4n) is 2.80. The molecule has 1 fully saturated rings. The highest BCUT2D eigenvalue weighted by Gasteiger charge is 2.35. The van der Waals surface area contributed by atoms with Crippen LogP contribution in [0.2, 0.25) is 0 Å². The number of ether oxygens (including phenoxy) is 2. The van der Waals surface area contributed by atoms with Gasteiger partial charge in [-0.3, -0.25) is 9.59 Å². The van der Waals surface area contributed by atoms with Crippen molar-refractivity contribution in [2.45, 2.75) is 33.2 Å². The van der Waals surface area contributed by atoms with Crippen LogP contribution in [0.3, 0.4) is 0 Å². The Balaban J connectivity index is 0.000000701. The second kappa shape index (κ2) is 8.34. The predicted octanol–water partition coefficient (Wildman–Crippen LogP) is 2.42. The molecule has 0 N–H and O–H groups in total. The number of benzene rings is 1. The lowest BCUT2D eigenvalue weighted by Gasteiger charge is -2.38. The Morgan fingerprint density at radius 1 is 1.24 bits per heavy atom. The van der Waals surface area contributed by atoms with E-state index in [2.05, 4.69) is 18.7 Å². The molecule has 0 aromatic heterocycles. The highest BCUT2D eigenvalue weighted by atomic mass is 16.7. The van der Waals surface area contributed by atoms with Crippen molar-refractivity contribution in [3.63, 3.8) is 0 Å². The Labute approximate surface area is 149 Å². The van der Waals surface area contributed by atoms with Crippen LogP contribution in [-0.2, 0) is 4.79 Å². The van der Waals surface area contributed by atoms with Crippen LogP contribution in [-0.4, -0.2) is 61.5 Å². The van der Waals surface area contributed by atoms with Crippen LogP contribution >= 0.6 is 0 Å². The summed E-state index contributed by atoms with van der Waals surface area (Å²) in [5.74, 6) is 1.15. The minimum Gasteiger partial charge on any atom is -0.454 e. The van der Waals surface area contributed by atoms with E-state index in [-0.39, 0.29) is 24.4 Å². The normalized spacial score (nSPS) is 17.2. The Hall–Kier alpha value is -2.08. The Kier molecular flexibility index (Phi) is 6.42. The lowest BCUT2D eigenvalue weighted by molar-refractivity contribution is -0.140. The second-order valence-corrected chi connectivity index (χ2v) is 6.68. The van der Waals surface area contributed by atoms with Gasteiger partial charge in [0.05, 0.1) is 12.0 Å². The van der Waals surface area contributed by atoms with Crippen molar-refractivity contribution in [1.29, 1.82) is 0 Å². The smallest absolute Gasteiger partial charge is 0.231 e.